The van der Waals surface area contributed by atoms with Crippen LogP contribution in [0.5, 0.6) is 0 Å². The van der Waals surface area contributed by atoms with Gasteiger partial charge in [-0.25, -0.2) is 0 Å². The molecule has 0 atom stereocenters. The van der Waals surface area contributed by atoms with E-state index in [0.29, 0.717) is 0 Å². The summed E-state index contributed by atoms with van der Waals surface area (Å²) in [6.45, 7) is 11.4. The zero-order chi connectivity index (χ0) is 12.7. The molecular weight excluding hydrogens is 354 g/mol. The average molecular weight is 376 g/mol. The van der Waals surface area contributed by atoms with Crippen LogP contribution in [0.2, 0.25) is 0 Å². The Morgan fingerprint density at radius 2 is 1.47 bits per heavy atom. The average Bonchev–Trinajstić information content (AvgIpc) is 2.74. The summed E-state index contributed by atoms with van der Waals surface area (Å²) >= 11 is -1.73. The molecule has 2 rings (SSSR count). The first-order valence-corrected chi connectivity index (χ1v) is 10.5. The third-order valence-corrected chi connectivity index (χ3v) is 10.2. The fourth-order valence-electron chi connectivity index (χ4n) is 2.66. The van der Waals surface area contributed by atoms with Gasteiger partial charge in [-0.1, -0.05) is 0 Å². The van der Waals surface area contributed by atoms with Crippen molar-refractivity contribution in [2.24, 2.45) is 0 Å². The Morgan fingerprint density at radius 3 is 1.84 bits per heavy atom. The van der Waals surface area contributed by atoms with E-state index in [-0.39, 0.29) is 24.8 Å². The molecule has 0 heterocycles. The minimum absolute atomic E-state index is 0. The van der Waals surface area contributed by atoms with Crippen LogP contribution in [0.25, 0.3) is 0 Å². The monoisotopic (exact) mass is 374 g/mol. The SMILES string of the molecule is [CH2]=[Zr+2]([C]1=CC(C)=C(C)C1)[C]1=C(C)C(C)=C(C)C1.[Cl-].[Cl-]. The van der Waals surface area contributed by atoms with Gasteiger partial charge in [0.25, 0.3) is 0 Å². The van der Waals surface area contributed by atoms with E-state index in [2.05, 4.69) is 44.9 Å². The molecule has 104 valence electrons. The second-order valence-electron chi connectivity index (χ2n) is 5.47. The van der Waals surface area contributed by atoms with Crippen LogP contribution in [0.15, 0.2) is 40.5 Å². The van der Waals surface area contributed by atoms with Crippen molar-refractivity contribution in [2.45, 2.75) is 47.5 Å². The van der Waals surface area contributed by atoms with Crippen molar-refractivity contribution < 1.29 is 46.1 Å². The van der Waals surface area contributed by atoms with Gasteiger partial charge < -0.3 is 24.8 Å². The number of hydrogen-bond donors (Lipinski definition) is 0. The molecule has 0 spiro atoms. The van der Waals surface area contributed by atoms with Crippen LogP contribution in [0.3, 0.4) is 0 Å². The van der Waals surface area contributed by atoms with Crippen LogP contribution in [-0.2, 0) is 21.3 Å². The fraction of sp³-hybridized carbons (Fsp3) is 0.438. The number of rotatable bonds is 2. The molecule has 0 saturated heterocycles. The molecule has 0 aromatic rings. The zero-order valence-corrected chi connectivity index (χ0v) is 16.4. The van der Waals surface area contributed by atoms with E-state index in [1.54, 1.807) is 23.3 Å². The number of hydrogen-bond acceptors (Lipinski definition) is 0. The summed E-state index contributed by atoms with van der Waals surface area (Å²) < 4.78 is 8.03. The molecule has 0 N–H and O–H groups in total. The van der Waals surface area contributed by atoms with E-state index in [0.717, 1.165) is 0 Å². The van der Waals surface area contributed by atoms with Gasteiger partial charge in [0.05, 0.1) is 0 Å². The largest absolute Gasteiger partial charge is 1.00 e. The Balaban J connectivity index is 0.00000162. The van der Waals surface area contributed by atoms with Crippen LogP contribution in [0, 0.1) is 0 Å². The predicted octanol–water partition coefficient (Wildman–Crippen LogP) is -1.32. The van der Waals surface area contributed by atoms with E-state index < -0.39 is 21.3 Å². The summed E-state index contributed by atoms with van der Waals surface area (Å²) in [6, 6.07) is 0. The van der Waals surface area contributed by atoms with E-state index >= 15 is 0 Å². The maximum Gasteiger partial charge on any atom is -1.00 e. The third kappa shape index (κ3) is 3.69. The molecule has 0 unspecified atom stereocenters. The molecule has 0 aliphatic heterocycles. The first kappa shape index (κ1) is 19.3. The van der Waals surface area contributed by atoms with Gasteiger partial charge in [-0.3, -0.25) is 0 Å². The van der Waals surface area contributed by atoms with Crippen molar-refractivity contribution in [2.75, 3.05) is 0 Å². The van der Waals surface area contributed by atoms with Crippen molar-refractivity contribution >= 4 is 4.21 Å². The van der Waals surface area contributed by atoms with Gasteiger partial charge in [-0.15, -0.1) is 0 Å². The van der Waals surface area contributed by atoms with Crippen molar-refractivity contribution in [3.8, 4) is 0 Å². The standard InChI is InChI=1S/C8H11.C7H9.CH2.2ClH.Zr/c1-6-4-5-7(2)8(6)3;1-6-4-3-5-7(6)2;;;;/h4H2,1-3H3;4H,5H2,1-2H3;1H2;2*1H;/q;;;;;+2/p-2. The van der Waals surface area contributed by atoms with Crippen molar-refractivity contribution in [3.05, 3.63) is 40.5 Å². The fourth-order valence-corrected chi connectivity index (χ4v) is 8.50. The number of allylic oxidation sites excluding steroid dienone is 8. The summed E-state index contributed by atoms with van der Waals surface area (Å²) in [5.41, 5.74) is 7.70. The van der Waals surface area contributed by atoms with Gasteiger partial charge in [0.15, 0.2) is 0 Å². The molecule has 2 aliphatic rings. The molecule has 0 aromatic heterocycles. The Bertz CT molecular complexity index is 531. The second kappa shape index (κ2) is 7.34. The molecule has 0 amide bonds. The van der Waals surface area contributed by atoms with Crippen molar-refractivity contribution in [3.63, 3.8) is 0 Å². The second-order valence-corrected chi connectivity index (χ2v) is 10.9. The van der Waals surface area contributed by atoms with Crippen LogP contribution < -0.4 is 24.8 Å². The smallest absolute Gasteiger partial charge is 1.00 e. The molecule has 2 aliphatic carbocycles. The van der Waals surface area contributed by atoms with Crippen LogP contribution >= 0.6 is 0 Å². The van der Waals surface area contributed by atoms with Gasteiger partial charge in [-0.05, 0) is 0 Å². The topological polar surface area (TPSA) is 0 Å². The van der Waals surface area contributed by atoms with Crippen LogP contribution in [0.1, 0.15) is 47.5 Å². The zero-order valence-electron chi connectivity index (χ0n) is 12.5. The molecule has 0 radical (unpaired) electrons. The molecule has 0 fully saturated rings. The van der Waals surface area contributed by atoms with Gasteiger partial charge in [-0.2, -0.15) is 0 Å². The van der Waals surface area contributed by atoms with Crippen LogP contribution in [-0.4, -0.2) is 4.21 Å². The molecule has 0 bridgehead atoms. The van der Waals surface area contributed by atoms with Gasteiger partial charge in [0.1, 0.15) is 0 Å². The molecule has 0 nitrogen and oxygen atoms in total. The van der Waals surface area contributed by atoms with Crippen LogP contribution in [0.4, 0.5) is 0 Å². The number of halogens is 2. The summed E-state index contributed by atoms with van der Waals surface area (Å²) in [7, 11) is 0. The third-order valence-electron chi connectivity index (χ3n) is 4.37. The normalized spacial score (nSPS) is 18.0. The van der Waals surface area contributed by atoms with E-state index in [1.807, 2.05) is 0 Å². The molecule has 0 aromatic carbocycles. The minimum Gasteiger partial charge on any atom is -1.00 e. The maximum atomic E-state index is 4.61. The molecule has 3 heteroatoms. The van der Waals surface area contributed by atoms with Crippen molar-refractivity contribution in [1.82, 2.24) is 0 Å². The van der Waals surface area contributed by atoms with E-state index in [1.165, 1.54) is 24.0 Å². The van der Waals surface area contributed by atoms with Crippen molar-refractivity contribution in [1.29, 1.82) is 0 Å². The molecule has 0 saturated carbocycles. The molecule has 19 heavy (non-hydrogen) atoms. The Hall–Kier alpha value is 0.293. The van der Waals surface area contributed by atoms with Gasteiger partial charge in [0, 0.05) is 0 Å². The first-order valence-electron chi connectivity index (χ1n) is 6.35. The summed E-state index contributed by atoms with van der Waals surface area (Å²) in [6.07, 6.45) is 4.85. The Morgan fingerprint density at radius 1 is 0.895 bits per heavy atom. The van der Waals surface area contributed by atoms with E-state index in [9.17, 15) is 0 Å². The Kier molecular flexibility index (Phi) is 7.46. The van der Waals surface area contributed by atoms with Gasteiger partial charge >= 0.3 is 113 Å². The summed E-state index contributed by atoms with van der Waals surface area (Å²) in [5, 5.41) is 0. The van der Waals surface area contributed by atoms with E-state index in [4.69, 9.17) is 0 Å². The summed E-state index contributed by atoms with van der Waals surface area (Å²) in [5.74, 6) is 0. The quantitative estimate of drug-likeness (QED) is 0.561. The Labute approximate surface area is 137 Å². The van der Waals surface area contributed by atoms with Gasteiger partial charge in [0.2, 0.25) is 0 Å². The predicted molar refractivity (Wildman–Crippen MR) is 73.9 cm³/mol. The molecular formula is C16H22Cl2Zr. The maximum absolute atomic E-state index is 4.61. The first-order chi connectivity index (χ1) is 7.91. The summed E-state index contributed by atoms with van der Waals surface area (Å²) in [4.78, 5) is 0. The minimum atomic E-state index is -1.73.